The molecule has 0 fully saturated rings. The Morgan fingerprint density at radius 3 is 2.67 bits per heavy atom. The van der Waals surface area contributed by atoms with Crippen LogP contribution in [0.1, 0.15) is 25.7 Å². The lowest BCUT2D eigenvalue weighted by Gasteiger charge is -2.21. The summed E-state index contributed by atoms with van der Waals surface area (Å²) in [6, 6.07) is 7.97. The average molecular weight is 246 g/mol. The zero-order chi connectivity index (χ0) is 13.3. The maximum Gasteiger partial charge on any atom is 0.310 e. The molecule has 2 atom stereocenters. The van der Waals surface area contributed by atoms with E-state index in [1.54, 1.807) is 0 Å². The van der Waals surface area contributed by atoms with Crippen LogP contribution in [0.4, 0.5) is 0 Å². The minimum Gasteiger partial charge on any atom is -0.469 e. The summed E-state index contributed by atoms with van der Waals surface area (Å²) in [7, 11) is 1.42. The molecule has 0 saturated carbocycles. The number of ether oxygens (including phenoxy) is 1. The molecule has 0 aliphatic carbocycles. The fraction of sp³-hybridized carbons (Fsp3) is 0.429. The number of hydrogen-bond donors (Lipinski definition) is 0. The van der Waals surface area contributed by atoms with Crippen LogP contribution in [-0.4, -0.2) is 22.6 Å². The summed E-state index contributed by atoms with van der Waals surface area (Å²) >= 11 is 0. The first kappa shape index (κ1) is 12.6. The van der Waals surface area contributed by atoms with Crippen molar-refractivity contribution in [2.75, 3.05) is 7.11 Å². The van der Waals surface area contributed by atoms with Crippen molar-refractivity contribution in [2.45, 2.75) is 26.8 Å². The summed E-state index contributed by atoms with van der Waals surface area (Å²) in [6.45, 7) is 5.86. The Morgan fingerprint density at radius 1 is 1.33 bits per heavy atom. The van der Waals surface area contributed by atoms with Crippen LogP contribution in [0.25, 0.3) is 11.0 Å². The molecule has 2 unspecified atom stereocenters. The van der Waals surface area contributed by atoms with E-state index in [4.69, 9.17) is 4.74 Å². The van der Waals surface area contributed by atoms with Crippen molar-refractivity contribution in [1.29, 1.82) is 0 Å². The molecule has 2 aromatic rings. The number of rotatable bonds is 3. The standard InChI is InChI=1S/C14H18N2O2/c1-9(14(17)18-4)10(2)16-11(3)15-12-7-5-6-8-13(12)16/h5-10H,1-4H3. The van der Waals surface area contributed by atoms with E-state index in [9.17, 15) is 4.79 Å². The molecule has 96 valence electrons. The molecular formula is C14H18N2O2. The van der Waals surface area contributed by atoms with Crippen molar-refractivity contribution < 1.29 is 9.53 Å². The zero-order valence-electron chi connectivity index (χ0n) is 11.2. The number of carbonyl (C=O) groups is 1. The first-order valence-electron chi connectivity index (χ1n) is 6.07. The average Bonchev–Trinajstić information content (AvgIpc) is 2.71. The van der Waals surface area contributed by atoms with E-state index in [0.717, 1.165) is 16.9 Å². The molecule has 0 spiro atoms. The minimum atomic E-state index is -0.202. The van der Waals surface area contributed by atoms with E-state index >= 15 is 0 Å². The van der Waals surface area contributed by atoms with Crippen LogP contribution in [0.15, 0.2) is 24.3 Å². The van der Waals surface area contributed by atoms with Gasteiger partial charge in [0.1, 0.15) is 5.82 Å². The fourth-order valence-electron chi connectivity index (χ4n) is 2.29. The Labute approximate surface area is 107 Å². The van der Waals surface area contributed by atoms with E-state index in [1.165, 1.54) is 7.11 Å². The van der Waals surface area contributed by atoms with Gasteiger partial charge in [0.15, 0.2) is 0 Å². The number of aryl methyl sites for hydroxylation is 1. The lowest BCUT2D eigenvalue weighted by atomic mass is 10.0. The molecule has 0 radical (unpaired) electrons. The normalized spacial score (nSPS) is 14.4. The van der Waals surface area contributed by atoms with Gasteiger partial charge in [-0.1, -0.05) is 12.1 Å². The molecule has 18 heavy (non-hydrogen) atoms. The van der Waals surface area contributed by atoms with Crippen molar-refractivity contribution in [3.8, 4) is 0 Å². The second-order valence-electron chi connectivity index (χ2n) is 4.57. The molecule has 0 amide bonds. The van der Waals surface area contributed by atoms with E-state index in [2.05, 4.69) is 9.55 Å². The Hall–Kier alpha value is -1.84. The molecule has 0 saturated heterocycles. The van der Waals surface area contributed by atoms with Gasteiger partial charge in [-0.15, -0.1) is 0 Å². The van der Waals surface area contributed by atoms with Gasteiger partial charge in [-0.2, -0.15) is 0 Å². The van der Waals surface area contributed by atoms with Crippen LogP contribution in [-0.2, 0) is 9.53 Å². The van der Waals surface area contributed by atoms with Gasteiger partial charge in [0.25, 0.3) is 0 Å². The number of methoxy groups -OCH3 is 1. The molecule has 0 aliphatic heterocycles. The third kappa shape index (κ3) is 1.98. The number of para-hydroxylation sites is 2. The van der Waals surface area contributed by atoms with Gasteiger partial charge in [-0.25, -0.2) is 4.98 Å². The van der Waals surface area contributed by atoms with E-state index < -0.39 is 0 Å². The third-order valence-corrected chi connectivity index (χ3v) is 3.48. The van der Waals surface area contributed by atoms with Gasteiger partial charge in [0.05, 0.1) is 24.1 Å². The molecule has 1 aromatic heterocycles. The Morgan fingerprint density at radius 2 is 2.00 bits per heavy atom. The maximum absolute atomic E-state index is 11.6. The van der Waals surface area contributed by atoms with E-state index in [0.29, 0.717) is 0 Å². The van der Waals surface area contributed by atoms with Crippen LogP contribution in [0.3, 0.4) is 0 Å². The van der Waals surface area contributed by atoms with Crippen molar-refractivity contribution in [3.05, 3.63) is 30.1 Å². The van der Waals surface area contributed by atoms with Crippen LogP contribution in [0.2, 0.25) is 0 Å². The van der Waals surface area contributed by atoms with Crippen LogP contribution >= 0.6 is 0 Å². The fourth-order valence-corrected chi connectivity index (χ4v) is 2.29. The van der Waals surface area contributed by atoms with Crippen LogP contribution in [0.5, 0.6) is 0 Å². The molecule has 0 N–H and O–H groups in total. The minimum absolute atomic E-state index is 0.0184. The molecule has 4 heteroatoms. The monoisotopic (exact) mass is 246 g/mol. The van der Waals surface area contributed by atoms with Gasteiger partial charge < -0.3 is 9.30 Å². The first-order chi connectivity index (χ1) is 8.56. The topological polar surface area (TPSA) is 44.1 Å². The van der Waals surface area contributed by atoms with Crippen molar-refractivity contribution >= 4 is 17.0 Å². The summed E-state index contributed by atoms with van der Waals surface area (Å²) in [5, 5.41) is 0. The SMILES string of the molecule is COC(=O)C(C)C(C)n1c(C)nc2ccccc21. The highest BCUT2D eigenvalue weighted by atomic mass is 16.5. The first-order valence-corrected chi connectivity index (χ1v) is 6.07. The van der Waals surface area contributed by atoms with Crippen molar-refractivity contribution in [3.63, 3.8) is 0 Å². The van der Waals surface area contributed by atoms with E-state index in [1.807, 2.05) is 45.0 Å². The van der Waals surface area contributed by atoms with Gasteiger partial charge in [0, 0.05) is 6.04 Å². The van der Waals surface area contributed by atoms with Crippen molar-refractivity contribution in [2.24, 2.45) is 5.92 Å². The number of nitrogens with zero attached hydrogens (tertiary/aromatic N) is 2. The van der Waals surface area contributed by atoms with Crippen molar-refractivity contribution in [1.82, 2.24) is 9.55 Å². The molecular weight excluding hydrogens is 228 g/mol. The lowest BCUT2D eigenvalue weighted by molar-refractivity contribution is -0.146. The van der Waals surface area contributed by atoms with Gasteiger partial charge in [0.2, 0.25) is 0 Å². The Bertz CT molecular complexity index is 574. The number of imidazole rings is 1. The predicted octanol–water partition coefficient (Wildman–Crippen LogP) is 2.71. The summed E-state index contributed by atoms with van der Waals surface area (Å²) in [4.78, 5) is 16.2. The number of fused-ring (bicyclic) bond motifs is 1. The number of benzene rings is 1. The van der Waals surface area contributed by atoms with Gasteiger partial charge in [-0.05, 0) is 32.9 Å². The second-order valence-corrected chi connectivity index (χ2v) is 4.57. The quantitative estimate of drug-likeness (QED) is 0.782. The zero-order valence-corrected chi connectivity index (χ0v) is 11.2. The summed E-state index contributed by atoms with van der Waals surface area (Å²) in [5.74, 6) is 0.519. The summed E-state index contributed by atoms with van der Waals surface area (Å²) < 4.78 is 6.90. The van der Waals surface area contributed by atoms with Crippen LogP contribution in [0, 0.1) is 12.8 Å². The number of aromatic nitrogens is 2. The summed E-state index contributed by atoms with van der Waals surface area (Å²) in [5.41, 5.74) is 2.01. The molecule has 4 nitrogen and oxygen atoms in total. The number of esters is 1. The van der Waals surface area contributed by atoms with Crippen LogP contribution < -0.4 is 0 Å². The Kier molecular flexibility index (Phi) is 3.36. The molecule has 1 aromatic carbocycles. The predicted molar refractivity (Wildman–Crippen MR) is 70.4 cm³/mol. The van der Waals surface area contributed by atoms with Gasteiger partial charge >= 0.3 is 5.97 Å². The second kappa shape index (κ2) is 4.80. The largest absolute Gasteiger partial charge is 0.469 e. The number of carbonyl (C=O) groups excluding carboxylic acids is 1. The summed E-state index contributed by atoms with van der Waals surface area (Å²) in [6.07, 6.45) is 0. The number of hydrogen-bond acceptors (Lipinski definition) is 3. The third-order valence-electron chi connectivity index (χ3n) is 3.48. The molecule has 0 aliphatic rings. The smallest absolute Gasteiger partial charge is 0.310 e. The lowest BCUT2D eigenvalue weighted by Crippen LogP contribution is -2.23. The Balaban J connectivity index is 2.47. The molecule has 2 rings (SSSR count). The molecule has 1 heterocycles. The highest BCUT2D eigenvalue weighted by Crippen LogP contribution is 2.26. The highest BCUT2D eigenvalue weighted by molar-refractivity contribution is 5.77. The van der Waals surface area contributed by atoms with E-state index in [-0.39, 0.29) is 17.9 Å². The van der Waals surface area contributed by atoms with Gasteiger partial charge in [-0.3, -0.25) is 4.79 Å². The maximum atomic E-state index is 11.6. The highest BCUT2D eigenvalue weighted by Gasteiger charge is 2.24. The molecule has 0 bridgehead atoms.